The topological polar surface area (TPSA) is 78.6 Å². The molecule has 1 aromatic heterocycles. The number of nitrogens with zero attached hydrogens (tertiary/aromatic N) is 1. The predicted molar refractivity (Wildman–Crippen MR) is 60.9 cm³/mol. The molecule has 2 rings (SSSR count). The Bertz CT molecular complexity index is 436. The van der Waals surface area contributed by atoms with Crippen LogP contribution in [0, 0.1) is 5.41 Å². The molecule has 4 nitrogen and oxygen atoms in total. The Morgan fingerprint density at radius 3 is 2.60 bits per heavy atom. The maximum absolute atomic E-state index is 9.50. The Balaban J connectivity index is 0.000000617. The van der Waals surface area contributed by atoms with Gasteiger partial charge in [-0.2, -0.15) is 5.10 Å². The van der Waals surface area contributed by atoms with Gasteiger partial charge < -0.3 is 5.73 Å². The largest absolute Gasteiger partial charge is 0.382 e. The number of benzene rings is 1. The molecule has 0 aliphatic rings. The molecule has 1 heterocycles. The Morgan fingerprint density at radius 2 is 2.00 bits per heavy atom. The molecule has 15 heavy (non-hydrogen) atoms. The number of hydrogen-bond donors (Lipinski definition) is 3. The van der Waals surface area contributed by atoms with Gasteiger partial charge in [0.25, 0.3) is 0 Å². The number of amidine groups is 1. The monoisotopic (exact) mass is 210 g/mol. The second kappa shape index (κ2) is 5.74. The van der Waals surface area contributed by atoms with E-state index in [0.29, 0.717) is 12.9 Å². The van der Waals surface area contributed by atoms with Gasteiger partial charge >= 0.3 is 0 Å². The first-order valence-electron chi connectivity index (χ1n) is 3.94. The fourth-order valence-corrected chi connectivity index (χ4v) is 1.17. The van der Waals surface area contributed by atoms with Crippen molar-refractivity contribution >= 4 is 16.7 Å². The summed E-state index contributed by atoms with van der Waals surface area (Å²) < 4.78 is 9.50. The zero-order chi connectivity index (χ0) is 10.6. The van der Waals surface area contributed by atoms with Crippen molar-refractivity contribution in [2.45, 2.75) is 7.43 Å². The first-order chi connectivity index (χ1) is 6.79. The van der Waals surface area contributed by atoms with Crippen molar-refractivity contribution < 1.29 is 4.39 Å². The van der Waals surface area contributed by atoms with Crippen molar-refractivity contribution in [1.82, 2.24) is 10.2 Å². The molecule has 0 aliphatic carbocycles. The normalized spacial score (nSPS) is 8.67. The minimum absolute atomic E-state index is 0. The summed E-state index contributed by atoms with van der Waals surface area (Å²) in [4.78, 5) is 0. The Kier molecular flexibility index (Phi) is 5.01. The zero-order valence-electron chi connectivity index (χ0n) is 7.71. The van der Waals surface area contributed by atoms with Crippen LogP contribution in [0.5, 0.6) is 0 Å². The lowest BCUT2D eigenvalue weighted by Crippen LogP contribution is -2.11. The summed E-state index contributed by atoms with van der Waals surface area (Å²) in [5.74, 6) is -0.00699. The van der Waals surface area contributed by atoms with Gasteiger partial charge in [0.2, 0.25) is 0 Å². The average molecular weight is 210 g/mol. The number of aromatic amines is 1. The first-order valence-corrected chi connectivity index (χ1v) is 3.94. The van der Waals surface area contributed by atoms with Crippen LogP contribution in [0.15, 0.2) is 24.3 Å². The van der Waals surface area contributed by atoms with Crippen molar-refractivity contribution in [2.75, 3.05) is 7.18 Å². The number of aromatic nitrogens is 2. The summed E-state index contributed by atoms with van der Waals surface area (Å²) in [6.45, 7) is 0. The Hall–Kier alpha value is -1.91. The van der Waals surface area contributed by atoms with E-state index in [-0.39, 0.29) is 13.3 Å². The standard InChI is InChI=1S/C8H8N4.CH3F.CH4/c9-8(10)7-5-3-1-2-4-6(5)11-12-7;1-2;/h1-4H,(H3,9,10)(H,11,12);1H3;1H4. The highest BCUT2D eigenvalue weighted by molar-refractivity contribution is 6.05. The molecule has 0 radical (unpaired) electrons. The van der Waals surface area contributed by atoms with Crippen molar-refractivity contribution in [3.05, 3.63) is 30.0 Å². The minimum atomic E-state index is -0.00699. The molecular weight excluding hydrogens is 195 g/mol. The van der Waals surface area contributed by atoms with Crippen LogP contribution in [0.3, 0.4) is 0 Å². The number of halogens is 1. The van der Waals surface area contributed by atoms with Crippen LogP contribution in [0.4, 0.5) is 4.39 Å². The molecule has 0 amide bonds. The van der Waals surface area contributed by atoms with Crippen LogP contribution in [0.25, 0.3) is 10.9 Å². The molecule has 0 unspecified atom stereocenters. The highest BCUT2D eigenvalue weighted by Crippen LogP contribution is 2.13. The zero-order valence-corrected chi connectivity index (χ0v) is 7.71. The summed E-state index contributed by atoms with van der Waals surface area (Å²) in [5.41, 5.74) is 6.75. The van der Waals surface area contributed by atoms with E-state index in [4.69, 9.17) is 11.1 Å². The molecule has 4 N–H and O–H groups in total. The lowest BCUT2D eigenvalue weighted by Gasteiger charge is -1.90. The van der Waals surface area contributed by atoms with Crippen molar-refractivity contribution in [1.29, 1.82) is 5.41 Å². The fourth-order valence-electron chi connectivity index (χ4n) is 1.17. The second-order valence-corrected chi connectivity index (χ2v) is 2.53. The van der Waals surface area contributed by atoms with E-state index in [2.05, 4.69) is 10.2 Å². The van der Waals surface area contributed by atoms with Gasteiger partial charge in [-0.15, -0.1) is 0 Å². The second-order valence-electron chi connectivity index (χ2n) is 2.53. The van der Waals surface area contributed by atoms with Crippen LogP contribution in [-0.4, -0.2) is 23.2 Å². The quantitative estimate of drug-likeness (QED) is 0.497. The number of H-pyrrole nitrogens is 1. The number of alkyl halides is 1. The van der Waals surface area contributed by atoms with Gasteiger partial charge in [0.05, 0.1) is 12.7 Å². The molecule has 1 aromatic carbocycles. The molecule has 2 aromatic rings. The Labute approximate surface area is 87.8 Å². The van der Waals surface area contributed by atoms with Gasteiger partial charge in [-0.25, -0.2) is 0 Å². The summed E-state index contributed by atoms with van der Waals surface area (Å²) in [5, 5.41) is 14.8. The average Bonchev–Trinajstić information content (AvgIpc) is 2.64. The van der Waals surface area contributed by atoms with E-state index in [0.717, 1.165) is 10.9 Å². The summed E-state index contributed by atoms with van der Waals surface area (Å²) in [7, 11) is 0.500. The lowest BCUT2D eigenvalue weighted by atomic mass is 10.2. The minimum Gasteiger partial charge on any atom is -0.382 e. The smallest absolute Gasteiger partial charge is 0.144 e. The maximum atomic E-state index is 9.50. The number of nitrogens with two attached hydrogens (primary N) is 1. The number of nitrogen functional groups attached to an aromatic ring is 1. The van der Waals surface area contributed by atoms with E-state index in [1.165, 1.54) is 0 Å². The molecule has 0 saturated carbocycles. The Morgan fingerprint density at radius 1 is 1.40 bits per heavy atom. The van der Waals surface area contributed by atoms with E-state index in [1.807, 2.05) is 24.3 Å². The molecule has 5 heteroatoms. The lowest BCUT2D eigenvalue weighted by molar-refractivity contribution is 0.636. The first kappa shape index (κ1) is 13.1. The van der Waals surface area contributed by atoms with Crippen LogP contribution in [0.1, 0.15) is 13.1 Å². The van der Waals surface area contributed by atoms with Crippen molar-refractivity contribution in [2.24, 2.45) is 5.73 Å². The van der Waals surface area contributed by atoms with Gasteiger partial charge in [-0.3, -0.25) is 14.9 Å². The fraction of sp³-hybridized carbons (Fsp3) is 0.200. The van der Waals surface area contributed by atoms with Crippen molar-refractivity contribution in [3.8, 4) is 0 Å². The third-order valence-corrected chi connectivity index (χ3v) is 1.73. The molecule has 0 aliphatic heterocycles. The van der Waals surface area contributed by atoms with Crippen molar-refractivity contribution in [3.63, 3.8) is 0 Å². The SMILES string of the molecule is C.CF.N=C(N)c1n[nH]c2ccccc12. The molecular formula is C10H15FN4. The van der Waals surface area contributed by atoms with Gasteiger partial charge in [-0.05, 0) is 6.07 Å². The highest BCUT2D eigenvalue weighted by atomic mass is 19.1. The summed E-state index contributed by atoms with van der Waals surface area (Å²) >= 11 is 0. The number of hydrogen-bond acceptors (Lipinski definition) is 2. The molecule has 0 atom stereocenters. The van der Waals surface area contributed by atoms with E-state index in [1.54, 1.807) is 0 Å². The van der Waals surface area contributed by atoms with Crippen LogP contribution in [-0.2, 0) is 0 Å². The molecule has 82 valence electrons. The van der Waals surface area contributed by atoms with E-state index in [9.17, 15) is 4.39 Å². The molecule has 0 spiro atoms. The van der Waals surface area contributed by atoms with Crippen LogP contribution >= 0.6 is 0 Å². The van der Waals surface area contributed by atoms with Gasteiger partial charge in [-0.1, -0.05) is 25.6 Å². The van der Waals surface area contributed by atoms with E-state index < -0.39 is 0 Å². The number of fused-ring (bicyclic) bond motifs is 1. The summed E-state index contributed by atoms with van der Waals surface area (Å²) in [6, 6.07) is 7.58. The van der Waals surface area contributed by atoms with Crippen LogP contribution in [0.2, 0.25) is 0 Å². The third-order valence-electron chi connectivity index (χ3n) is 1.73. The van der Waals surface area contributed by atoms with E-state index >= 15 is 0 Å². The van der Waals surface area contributed by atoms with Gasteiger partial charge in [0.1, 0.15) is 11.5 Å². The molecule has 0 saturated heterocycles. The van der Waals surface area contributed by atoms with Gasteiger partial charge in [0.15, 0.2) is 0 Å². The van der Waals surface area contributed by atoms with Crippen LogP contribution < -0.4 is 5.73 Å². The molecule has 0 fully saturated rings. The molecule has 0 bridgehead atoms. The predicted octanol–water partition coefficient (Wildman–Crippen LogP) is 2.07. The maximum Gasteiger partial charge on any atom is 0.144 e. The van der Waals surface area contributed by atoms with Gasteiger partial charge in [0, 0.05) is 5.39 Å². The number of rotatable bonds is 1. The third kappa shape index (κ3) is 2.52. The number of para-hydroxylation sites is 1. The number of nitrogens with one attached hydrogen (secondary N) is 2. The highest BCUT2D eigenvalue weighted by Gasteiger charge is 2.05. The summed E-state index contributed by atoms with van der Waals surface area (Å²) in [6.07, 6.45) is 0.